The van der Waals surface area contributed by atoms with E-state index in [0.717, 1.165) is 43.7 Å². The molecule has 4 rings (SSSR count). The highest BCUT2D eigenvalue weighted by molar-refractivity contribution is 7.85. The quantitative estimate of drug-likeness (QED) is 0.893. The van der Waals surface area contributed by atoms with E-state index >= 15 is 0 Å². The third-order valence-electron chi connectivity index (χ3n) is 5.30. The Morgan fingerprint density at radius 1 is 1.24 bits per heavy atom. The monoisotopic (exact) mass is 360 g/mol. The number of amides is 2. The molecule has 2 atom stereocenters. The number of hydrogen-bond donors (Lipinski definition) is 1. The molecule has 0 aliphatic carbocycles. The van der Waals surface area contributed by atoms with Crippen LogP contribution in [0.2, 0.25) is 0 Å². The van der Waals surface area contributed by atoms with E-state index in [1.54, 1.807) is 0 Å². The number of imidazole rings is 1. The van der Waals surface area contributed by atoms with Crippen LogP contribution < -0.4 is 5.32 Å². The van der Waals surface area contributed by atoms with E-state index in [0.29, 0.717) is 17.5 Å². The number of hydrogen-bond acceptors (Lipinski definition) is 3. The minimum Gasteiger partial charge on any atom is -0.334 e. The van der Waals surface area contributed by atoms with Crippen LogP contribution in [0.15, 0.2) is 24.3 Å². The second-order valence-electron chi connectivity index (χ2n) is 6.98. The Kier molecular flexibility index (Phi) is 4.50. The predicted octanol–water partition coefficient (Wildman–Crippen LogP) is 2.21. The molecule has 3 heterocycles. The van der Waals surface area contributed by atoms with Crippen LogP contribution in [0.1, 0.15) is 31.1 Å². The van der Waals surface area contributed by atoms with Gasteiger partial charge in [0.25, 0.3) is 0 Å². The zero-order valence-electron chi connectivity index (χ0n) is 14.5. The fourth-order valence-electron chi connectivity index (χ4n) is 4.00. The van der Waals surface area contributed by atoms with Crippen LogP contribution in [-0.2, 0) is 10.8 Å². The maximum absolute atomic E-state index is 12.4. The Balaban J connectivity index is 1.40. The average molecular weight is 360 g/mol. The second-order valence-corrected chi connectivity index (χ2v) is 8.60. The number of rotatable bonds is 2. The Labute approximate surface area is 150 Å². The highest BCUT2D eigenvalue weighted by atomic mass is 32.2. The van der Waals surface area contributed by atoms with Crippen molar-refractivity contribution in [1.29, 1.82) is 0 Å². The van der Waals surface area contributed by atoms with E-state index in [4.69, 9.17) is 0 Å². The molecule has 2 aliphatic rings. The topological polar surface area (TPSA) is 67.2 Å². The van der Waals surface area contributed by atoms with Gasteiger partial charge in [0.2, 0.25) is 0 Å². The normalized spacial score (nSPS) is 24.8. The van der Waals surface area contributed by atoms with E-state index in [-0.39, 0.29) is 12.1 Å². The standard InChI is InChI=1S/C18H24N4O2S/c1-13-19-16-4-2-3-5-17(16)22(13)15-6-9-21(10-7-15)18(23)20-14-8-11-25(24)12-14/h2-5,14-15H,6-12H2,1H3,(H,20,23). The summed E-state index contributed by atoms with van der Waals surface area (Å²) in [6.07, 6.45) is 2.70. The number of benzene rings is 1. The fourth-order valence-corrected chi connectivity index (χ4v) is 5.41. The van der Waals surface area contributed by atoms with Gasteiger partial charge in [0.05, 0.1) is 11.0 Å². The van der Waals surface area contributed by atoms with Crippen molar-refractivity contribution in [2.75, 3.05) is 24.6 Å². The van der Waals surface area contributed by atoms with Gasteiger partial charge >= 0.3 is 6.03 Å². The molecule has 0 radical (unpaired) electrons. The molecule has 2 aromatic rings. The van der Waals surface area contributed by atoms with E-state index in [1.165, 1.54) is 5.52 Å². The van der Waals surface area contributed by atoms with Crippen LogP contribution in [-0.4, -0.2) is 55.3 Å². The molecule has 0 bridgehead atoms. The molecule has 134 valence electrons. The molecule has 1 N–H and O–H groups in total. The van der Waals surface area contributed by atoms with E-state index < -0.39 is 10.8 Å². The van der Waals surface area contributed by atoms with Gasteiger partial charge in [-0.3, -0.25) is 4.21 Å². The summed E-state index contributed by atoms with van der Waals surface area (Å²) in [7, 11) is -0.760. The number of aryl methyl sites for hydroxylation is 1. The first-order valence-corrected chi connectivity index (χ1v) is 10.4. The van der Waals surface area contributed by atoms with Gasteiger partial charge in [-0.05, 0) is 38.3 Å². The summed E-state index contributed by atoms with van der Waals surface area (Å²) in [6, 6.07) is 8.69. The molecular formula is C18H24N4O2S. The molecular weight excluding hydrogens is 336 g/mol. The zero-order valence-corrected chi connectivity index (χ0v) is 15.3. The highest BCUT2D eigenvalue weighted by Gasteiger charge is 2.28. The lowest BCUT2D eigenvalue weighted by Crippen LogP contribution is -2.48. The number of nitrogens with zero attached hydrogens (tertiary/aromatic N) is 3. The fraction of sp³-hybridized carbons (Fsp3) is 0.556. The Hall–Kier alpha value is -1.89. The lowest BCUT2D eigenvalue weighted by Gasteiger charge is -2.34. The lowest BCUT2D eigenvalue weighted by molar-refractivity contribution is 0.169. The van der Waals surface area contributed by atoms with Gasteiger partial charge in [0, 0.05) is 47.5 Å². The third kappa shape index (κ3) is 3.29. The Bertz CT molecular complexity index is 811. The zero-order chi connectivity index (χ0) is 17.4. The number of urea groups is 1. The molecule has 7 heteroatoms. The Morgan fingerprint density at radius 2 is 2.00 bits per heavy atom. The van der Waals surface area contributed by atoms with Gasteiger partial charge in [0.15, 0.2) is 0 Å². The van der Waals surface area contributed by atoms with Crippen LogP contribution in [0.4, 0.5) is 4.79 Å². The first-order valence-electron chi connectivity index (χ1n) is 8.96. The minimum atomic E-state index is -0.760. The van der Waals surface area contributed by atoms with Gasteiger partial charge in [0.1, 0.15) is 5.82 Å². The number of piperidine rings is 1. The van der Waals surface area contributed by atoms with Crippen molar-refractivity contribution < 1.29 is 9.00 Å². The predicted molar refractivity (Wildman–Crippen MR) is 99.1 cm³/mol. The minimum absolute atomic E-state index is 0.00504. The van der Waals surface area contributed by atoms with Crippen LogP contribution in [0.25, 0.3) is 11.0 Å². The van der Waals surface area contributed by atoms with Crippen LogP contribution in [0.3, 0.4) is 0 Å². The summed E-state index contributed by atoms with van der Waals surface area (Å²) in [6.45, 7) is 3.55. The second kappa shape index (κ2) is 6.78. The number of para-hydroxylation sites is 2. The van der Waals surface area contributed by atoms with Crippen molar-refractivity contribution in [3.63, 3.8) is 0 Å². The first kappa shape index (κ1) is 16.6. The first-order chi connectivity index (χ1) is 12.1. The molecule has 0 saturated carbocycles. The molecule has 2 fully saturated rings. The molecule has 1 aromatic carbocycles. The number of fused-ring (bicyclic) bond motifs is 1. The van der Waals surface area contributed by atoms with Crippen LogP contribution in [0, 0.1) is 6.92 Å². The summed E-state index contributed by atoms with van der Waals surface area (Å²) in [5, 5.41) is 3.04. The largest absolute Gasteiger partial charge is 0.334 e. The lowest BCUT2D eigenvalue weighted by atomic mass is 10.0. The molecule has 2 aliphatic heterocycles. The summed E-state index contributed by atoms with van der Waals surface area (Å²) in [4.78, 5) is 19.0. The Morgan fingerprint density at radius 3 is 2.72 bits per heavy atom. The molecule has 2 saturated heterocycles. The maximum Gasteiger partial charge on any atom is 0.317 e. The van der Waals surface area contributed by atoms with Gasteiger partial charge in [-0.15, -0.1) is 0 Å². The SMILES string of the molecule is Cc1nc2ccccc2n1C1CCN(C(=O)NC2CCS(=O)C2)CC1. The average Bonchev–Trinajstić information content (AvgIpc) is 3.17. The van der Waals surface area contributed by atoms with Crippen molar-refractivity contribution in [1.82, 2.24) is 19.8 Å². The van der Waals surface area contributed by atoms with Crippen molar-refractivity contribution in [2.24, 2.45) is 0 Å². The summed E-state index contributed by atoms with van der Waals surface area (Å²) < 4.78 is 13.8. The molecule has 25 heavy (non-hydrogen) atoms. The van der Waals surface area contributed by atoms with Crippen molar-refractivity contribution >= 4 is 27.9 Å². The third-order valence-corrected chi connectivity index (χ3v) is 6.76. The van der Waals surface area contributed by atoms with E-state index in [1.807, 2.05) is 23.1 Å². The van der Waals surface area contributed by atoms with Gasteiger partial charge in [-0.1, -0.05) is 12.1 Å². The van der Waals surface area contributed by atoms with Gasteiger partial charge in [-0.25, -0.2) is 9.78 Å². The van der Waals surface area contributed by atoms with Crippen LogP contribution >= 0.6 is 0 Å². The highest BCUT2D eigenvalue weighted by Crippen LogP contribution is 2.28. The van der Waals surface area contributed by atoms with E-state index in [9.17, 15) is 9.00 Å². The van der Waals surface area contributed by atoms with Crippen molar-refractivity contribution in [3.05, 3.63) is 30.1 Å². The van der Waals surface area contributed by atoms with Gasteiger partial charge in [-0.2, -0.15) is 0 Å². The molecule has 1 aromatic heterocycles. The van der Waals surface area contributed by atoms with Crippen molar-refractivity contribution in [3.8, 4) is 0 Å². The summed E-state index contributed by atoms with van der Waals surface area (Å²) in [5.41, 5.74) is 2.21. The number of likely N-dealkylation sites (tertiary alicyclic amines) is 1. The number of carbonyl (C=O) groups excluding carboxylic acids is 1. The number of carbonyl (C=O) groups is 1. The smallest absolute Gasteiger partial charge is 0.317 e. The van der Waals surface area contributed by atoms with E-state index in [2.05, 4.69) is 27.9 Å². The molecule has 0 spiro atoms. The number of aromatic nitrogens is 2. The summed E-state index contributed by atoms with van der Waals surface area (Å²) in [5.74, 6) is 2.35. The summed E-state index contributed by atoms with van der Waals surface area (Å²) >= 11 is 0. The molecule has 6 nitrogen and oxygen atoms in total. The van der Waals surface area contributed by atoms with Crippen LogP contribution in [0.5, 0.6) is 0 Å². The van der Waals surface area contributed by atoms with Crippen molar-refractivity contribution in [2.45, 2.75) is 38.3 Å². The molecule has 2 amide bonds. The maximum atomic E-state index is 12.4. The molecule has 2 unspecified atom stereocenters. The van der Waals surface area contributed by atoms with Gasteiger partial charge < -0.3 is 14.8 Å². The number of nitrogens with one attached hydrogen (secondary N) is 1.